The minimum absolute atomic E-state index is 0.00106. The quantitative estimate of drug-likeness (QED) is 0.302. The summed E-state index contributed by atoms with van der Waals surface area (Å²) in [7, 11) is -4.17. The van der Waals surface area contributed by atoms with Crippen molar-refractivity contribution in [3.63, 3.8) is 0 Å². The van der Waals surface area contributed by atoms with E-state index >= 15 is 0 Å². The molecule has 0 spiro atoms. The SMILES string of the molecule is CCCN1C2=C(C(=O)CC(C)(C)C2)C(c2cc(Br)ccc2OS(=O)(=O)c2ccc(C)cc2)C2=C1CC(C)(C)CC2=O. The Kier molecular flexibility index (Phi) is 7.65. The molecule has 1 aliphatic heterocycles. The first-order chi connectivity index (χ1) is 19.1. The molecule has 2 aliphatic carbocycles. The van der Waals surface area contributed by atoms with Crippen LogP contribution in [0, 0.1) is 17.8 Å². The number of carbonyl (C=O) groups is 2. The van der Waals surface area contributed by atoms with Crippen LogP contribution in [0.3, 0.4) is 0 Å². The molecule has 0 atom stereocenters. The number of allylic oxidation sites excluding steroid dienone is 4. The van der Waals surface area contributed by atoms with Crippen LogP contribution in [0.4, 0.5) is 0 Å². The maximum Gasteiger partial charge on any atom is 0.339 e. The minimum atomic E-state index is -4.17. The highest BCUT2D eigenvalue weighted by molar-refractivity contribution is 9.10. The van der Waals surface area contributed by atoms with Gasteiger partial charge in [-0.25, -0.2) is 0 Å². The molecule has 0 N–H and O–H groups in total. The van der Waals surface area contributed by atoms with Crippen molar-refractivity contribution in [1.29, 1.82) is 0 Å². The molecule has 2 aromatic carbocycles. The minimum Gasteiger partial charge on any atom is -0.379 e. The monoisotopic (exact) mass is 639 g/mol. The van der Waals surface area contributed by atoms with E-state index in [4.69, 9.17) is 4.18 Å². The number of hydrogen-bond acceptors (Lipinski definition) is 6. The summed E-state index contributed by atoms with van der Waals surface area (Å²) >= 11 is 3.56. The van der Waals surface area contributed by atoms with Gasteiger partial charge in [0, 0.05) is 57.9 Å². The number of rotatable bonds is 6. The van der Waals surface area contributed by atoms with E-state index in [0.717, 1.165) is 23.4 Å². The molecule has 8 heteroatoms. The van der Waals surface area contributed by atoms with Gasteiger partial charge in [-0.3, -0.25) is 9.59 Å². The molecule has 0 fully saturated rings. The van der Waals surface area contributed by atoms with Gasteiger partial charge in [-0.2, -0.15) is 8.42 Å². The lowest BCUT2D eigenvalue weighted by molar-refractivity contribution is -0.119. The standard InChI is InChI=1S/C33H38BrNO5S/c1-7-14-35-24-16-32(3,4)18-26(36)30(24)29(31-25(35)17-33(5,6)19-27(31)37)23-15-21(34)10-13-28(23)40-41(38,39)22-11-8-20(2)9-12-22/h8-13,15,29H,7,14,16-19H2,1-6H3. The first-order valence-corrected chi connectivity index (χ1v) is 16.4. The fourth-order valence-electron chi connectivity index (χ4n) is 6.54. The third-order valence-corrected chi connectivity index (χ3v) is 10.0. The fraction of sp³-hybridized carbons (Fsp3) is 0.455. The molecule has 0 aromatic heterocycles. The molecule has 41 heavy (non-hydrogen) atoms. The molecule has 6 nitrogen and oxygen atoms in total. The second-order valence-electron chi connectivity index (χ2n) is 13.2. The number of nitrogens with zero attached hydrogens (tertiary/aromatic N) is 1. The van der Waals surface area contributed by atoms with Gasteiger partial charge in [-0.1, -0.05) is 68.2 Å². The van der Waals surface area contributed by atoms with Gasteiger partial charge in [0.15, 0.2) is 11.6 Å². The van der Waals surface area contributed by atoms with Crippen LogP contribution in [0.15, 0.2) is 74.4 Å². The molecular formula is C33H38BrNO5S. The lowest BCUT2D eigenvalue weighted by Crippen LogP contribution is -2.44. The van der Waals surface area contributed by atoms with Gasteiger partial charge in [0.1, 0.15) is 10.6 Å². The van der Waals surface area contributed by atoms with Gasteiger partial charge in [0.05, 0.1) is 0 Å². The molecule has 2 aromatic rings. The van der Waals surface area contributed by atoms with E-state index in [2.05, 4.69) is 55.4 Å². The van der Waals surface area contributed by atoms with Crippen LogP contribution in [0.5, 0.6) is 5.75 Å². The van der Waals surface area contributed by atoms with Crippen molar-refractivity contribution in [3.05, 3.63) is 80.6 Å². The summed E-state index contributed by atoms with van der Waals surface area (Å²) in [4.78, 5) is 30.3. The second-order valence-corrected chi connectivity index (χ2v) is 15.7. The Hall–Kier alpha value is -2.71. The zero-order valence-corrected chi connectivity index (χ0v) is 27.0. The summed E-state index contributed by atoms with van der Waals surface area (Å²) in [5.41, 5.74) is 4.08. The molecule has 0 unspecified atom stereocenters. The topological polar surface area (TPSA) is 80.8 Å². The zero-order chi connectivity index (χ0) is 29.9. The maximum absolute atomic E-state index is 14.0. The first-order valence-electron chi connectivity index (χ1n) is 14.2. The number of halogens is 1. The lowest BCUT2D eigenvalue weighted by Gasteiger charge is -2.49. The summed E-state index contributed by atoms with van der Waals surface area (Å²) in [6.45, 7) is 13.1. The Morgan fingerprint density at radius 1 is 0.878 bits per heavy atom. The van der Waals surface area contributed by atoms with Crippen LogP contribution in [0.25, 0.3) is 0 Å². The van der Waals surface area contributed by atoms with Gasteiger partial charge < -0.3 is 9.08 Å². The summed E-state index contributed by atoms with van der Waals surface area (Å²) in [5.74, 6) is -0.588. The van der Waals surface area contributed by atoms with E-state index in [1.165, 1.54) is 12.1 Å². The number of ketones is 2. The molecule has 3 aliphatic rings. The molecule has 218 valence electrons. The molecule has 5 rings (SSSR count). The summed E-state index contributed by atoms with van der Waals surface area (Å²) in [6, 6.07) is 11.6. The maximum atomic E-state index is 14.0. The normalized spacial score (nSPS) is 20.7. The van der Waals surface area contributed by atoms with E-state index in [1.54, 1.807) is 30.3 Å². The molecule has 0 amide bonds. The van der Waals surface area contributed by atoms with E-state index in [1.807, 2.05) is 6.92 Å². The van der Waals surface area contributed by atoms with Gasteiger partial charge >= 0.3 is 10.1 Å². The highest BCUT2D eigenvalue weighted by atomic mass is 79.9. The van der Waals surface area contributed by atoms with Gasteiger partial charge in [-0.05, 0) is 67.3 Å². The molecule has 0 saturated carbocycles. The van der Waals surface area contributed by atoms with Crippen molar-refractivity contribution in [2.45, 2.75) is 84.5 Å². The fourth-order valence-corrected chi connectivity index (χ4v) is 7.88. The Bertz CT molecular complexity index is 1540. The lowest BCUT2D eigenvalue weighted by atomic mass is 9.63. The third-order valence-electron chi connectivity index (χ3n) is 8.26. The van der Waals surface area contributed by atoms with Crippen LogP contribution in [-0.4, -0.2) is 31.4 Å². The van der Waals surface area contributed by atoms with Crippen molar-refractivity contribution in [1.82, 2.24) is 4.90 Å². The number of benzene rings is 2. The van der Waals surface area contributed by atoms with Gasteiger partial charge in [0.2, 0.25) is 0 Å². The molecule has 0 radical (unpaired) electrons. The van der Waals surface area contributed by atoms with Crippen LogP contribution in [-0.2, 0) is 19.7 Å². The van der Waals surface area contributed by atoms with Crippen molar-refractivity contribution >= 4 is 37.6 Å². The molecule has 1 heterocycles. The van der Waals surface area contributed by atoms with Crippen molar-refractivity contribution in [2.24, 2.45) is 10.8 Å². The summed E-state index contributed by atoms with van der Waals surface area (Å²) < 4.78 is 33.4. The van der Waals surface area contributed by atoms with Crippen LogP contribution in [0.1, 0.15) is 83.8 Å². The zero-order valence-electron chi connectivity index (χ0n) is 24.6. The first kappa shape index (κ1) is 29.8. The Morgan fingerprint density at radius 2 is 1.41 bits per heavy atom. The summed E-state index contributed by atoms with van der Waals surface area (Å²) in [5, 5.41) is 0. The number of hydrogen-bond donors (Lipinski definition) is 0. The smallest absolute Gasteiger partial charge is 0.339 e. The number of aryl methyl sites for hydroxylation is 1. The Labute approximate surface area is 252 Å². The predicted octanol–water partition coefficient (Wildman–Crippen LogP) is 7.62. The molecule has 0 saturated heterocycles. The van der Waals surface area contributed by atoms with Crippen molar-refractivity contribution in [3.8, 4) is 5.75 Å². The van der Waals surface area contributed by atoms with E-state index < -0.39 is 16.0 Å². The average molecular weight is 641 g/mol. The third kappa shape index (κ3) is 5.70. The molecular weight excluding hydrogens is 602 g/mol. The highest BCUT2D eigenvalue weighted by Crippen LogP contribution is 2.55. The predicted molar refractivity (Wildman–Crippen MR) is 163 cm³/mol. The van der Waals surface area contributed by atoms with Gasteiger partial charge in [-0.15, -0.1) is 0 Å². The molecule has 0 bridgehead atoms. The van der Waals surface area contributed by atoms with E-state index in [-0.39, 0.29) is 33.0 Å². The largest absolute Gasteiger partial charge is 0.379 e. The average Bonchev–Trinajstić information content (AvgIpc) is 2.85. The Morgan fingerprint density at radius 3 is 1.93 bits per heavy atom. The van der Waals surface area contributed by atoms with Crippen molar-refractivity contribution < 1.29 is 22.2 Å². The van der Waals surface area contributed by atoms with Crippen LogP contribution < -0.4 is 4.18 Å². The Balaban J connectivity index is 1.75. The van der Waals surface area contributed by atoms with Gasteiger partial charge in [0.25, 0.3) is 0 Å². The number of Topliss-reactive ketones (excluding diaryl/α,β-unsaturated/α-hetero) is 2. The summed E-state index contributed by atoms with van der Waals surface area (Å²) in [6.07, 6.45) is 2.97. The van der Waals surface area contributed by atoms with Crippen molar-refractivity contribution in [2.75, 3.05) is 6.54 Å². The van der Waals surface area contributed by atoms with E-state index in [9.17, 15) is 18.0 Å². The van der Waals surface area contributed by atoms with E-state index in [0.29, 0.717) is 53.4 Å². The highest BCUT2D eigenvalue weighted by Gasteiger charge is 2.49. The van der Waals surface area contributed by atoms with Crippen LogP contribution >= 0.6 is 15.9 Å². The van der Waals surface area contributed by atoms with Crippen LogP contribution in [0.2, 0.25) is 0 Å². The number of carbonyl (C=O) groups excluding carboxylic acids is 2. The second kappa shape index (κ2) is 10.5.